The second kappa shape index (κ2) is 8.54. The molecule has 0 unspecified atom stereocenters. The Labute approximate surface area is 135 Å². The number of aryl methyl sites for hydroxylation is 2. The molecule has 0 aromatic carbocycles. The zero-order valence-corrected chi connectivity index (χ0v) is 13.9. The minimum absolute atomic E-state index is 0.0380. The molecule has 0 atom stereocenters. The minimum Gasteiger partial charge on any atom is -0.383 e. The van der Waals surface area contributed by atoms with Gasteiger partial charge in [-0.1, -0.05) is 0 Å². The number of methoxy groups -OCH3 is 1. The van der Waals surface area contributed by atoms with E-state index < -0.39 is 0 Å². The van der Waals surface area contributed by atoms with Crippen molar-refractivity contribution in [2.45, 2.75) is 26.7 Å². The van der Waals surface area contributed by atoms with Crippen molar-refractivity contribution in [1.29, 1.82) is 0 Å². The van der Waals surface area contributed by atoms with E-state index in [1.165, 1.54) is 6.33 Å². The van der Waals surface area contributed by atoms with Crippen LogP contribution in [0.25, 0.3) is 5.78 Å². The van der Waals surface area contributed by atoms with Crippen molar-refractivity contribution in [3.63, 3.8) is 0 Å². The molecule has 2 rings (SSSR count). The van der Waals surface area contributed by atoms with Crippen LogP contribution >= 0.6 is 0 Å². The van der Waals surface area contributed by atoms with E-state index in [1.807, 2.05) is 13.8 Å². The summed E-state index contributed by atoms with van der Waals surface area (Å²) in [5.41, 5.74) is 2.94. The number of ether oxygens (including phenoxy) is 1. The Morgan fingerprint density at radius 2 is 2.13 bits per heavy atom. The summed E-state index contributed by atoms with van der Waals surface area (Å²) in [5.74, 6) is 0.631. The summed E-state index contributed by atoms with van der Waals surface area (Å²) in [5, 5.41) is 10.2. The molecule has 2 N–H and O–H groups in total. The zero-order chi connectivity index (χ0) is 16.7. The lowest BCUT2D eigenvalue weighted by atomic mass is 10.1. The number of amides is 1. The molecule has 0 fully saturated rings. The molecule has 0 aliphatic rings. The fraction of sp³-hybridized carbons (Fsp3) is 0.600. The molecule has 0 radical (unpaired) electrons. The fourth-order valence-corrected chi connectivity index (χ4v) is 2.43. The van der Waals surface area contributed by atoms with Crippen molar-refractivity contribution < 1.29 is 9.53 Å². The SMILES string of the molecule is COCCNCCNC(=O)CCc1c(C)nc2ncnn2c1C. The van der Waals surface area contributed by atoms with Gasteiger partial charge in [-0.05, 0) is 25.8 Å². The van der Waals surface area contributed by atoms with E-state index in [2.05, 4.69) is 25.7 Å². The summed E-state index contributed by atoms with van der Waals surface area (Å²) in [6.07, 6.45) is 2.56. The number of carbonyl (C=O) groups excluding carboxylic acids is 1. The van der Waals surface area contributed by atoms with Crippen LogP contribution in [0, 0.1) is 13.8 Å². The number of fused-ring (bicyclic) bond motifs is 1. The molecule has 0 spiro atoms. The van der Waals surface area contributed by atoms with E-state index in [0.29, 0.717) is 31.8 Å². The summed E-state index contributed by atoms with van der Waals surface area (Å²) in [6.45, 7) is 6.72. The first-order valence-corrected chi connectivity index (χ1v) is 7.75. The largest absolute Gasteiger partial charge is 0.383 e. The van der Waals surface area contributed by atoms with Gasteiger partial charge in [-0.25, -0.2) is 9.50 Å². The molecule has 2 aromatic heterocycles. The molecule has 0 saturated heterocycles. The van der Waals surface area contributed by atoms with Crippen LogP contribution < -0.4 is 10.6 Å². The van der Waals surface area contributed by atoms with Crippen molar-refractivity contribution in [3.8, 4) is 0 Å². The molecule has 8 nitrogen and oxygen atoms in total. The zero-order valence-electron chi connectivity index (χ0n) is 13.9. The maximum Gasteiger partial charge on any atom is 0.252 e. The highest BCUT2D eigenvalue weighted by atomic mass is 16.5. The van der Waals surface area contributed by atoms with Gasteiger partial charge in [-0.2, -0.15) is 10.1 Å². The number of hydrogen-bond donors (Lipinski definition) is 2. The van der Waals surface area contributed by atoms with Gasteiger partial charge in [0.15, 0.2) is 0 Å². The average molecular weight is 320 g/mol. The number of nitrogens with one attached hydrogen (secondary N) is 2. The molecule has 0 saturated carbocycles. The van der Waals surface area contributed by atoms with Gasteiger partial charge in [0, 0.05) is 44.6 Å². The quantitative estimate of drug-likeness (QED) is 0.633. The third kappa shape index (κ3) is 4.70. The first-order valence-electron chi connectivity index (χ1n) is 7.75. The highest BCUT2D eigenvalue weighted by molar-refractivity contribution is 5.76. The van der Waals surface area contributed by atoms with Crippen molar-refractivity contribution in [2.24, 2.45) is 0 Å². The summed E-state index contributed by atoms with van der Waals surface area (Å²) in [7, 11) is 1.67. The van der Waals surface area contributed by atoms with Crippen molar-refractivity contribution in [2.75, 3.05) is 33.4 Å². The van der Waals surface area contributed by atoms with Crippen LogP contribution in [0.3, 0.4) is 0 Å². The molecule has 8 heteroatoms. The Bertz CT molecular complexity index is 655. The van der Waals surface area contributed by atoms with Gasteiger partial charge in [0.2, 0.25) is 5.91 Å². The number of hydrogen-bond acceptors (Lipinski definition) is 6. The number of aromatic nitrogens is 4. The fourth-order valence-electron chi connectivity index (χ4n) is 2.43. The van der Waals surface area contributed by atoms with E-state index in [0.717, 1.165) is 30.0 Å². The first kappa shape index (κ1) is 17.3. The van der Waals surface area contributed by atoms with E-state index in [4.69, 9.17) is 4.74 Å². The molecule has 0 aliphatic heterocycles. The standard InChI is InChI=1S/C15H24N6O2/c1-11-13(12(2)21-15(20-11)18-10-19-21)4-5-14(22)17-7-6-16-8-9-23-3/h10,16H,4-9H2,1-3H3,(H,17,22). The molecule has 1 amide bonds. The van der Waals surface area contributed by atoms with Gasteiger partial charge in [0.25, 0.3) is 5.78 Å². The van der Waals surface area contributed by atoms with Crippen LogP contribution in [-0.2, 0) is 16.0 Å². The summed E-state index contributed by atoms with van der Waals surface area (Å²) in [6, 6.07) is 0. The predicted octanol–water partition coefficient (Wildman–Crippen LogP) is 0.0259. The Hall–Kier alpha value is -2.06. The number of carbonyl (C=O) groups is 1. The van der Waals surface area contributed by atoms with Crippen LogP contribution in [0.4, 0.5) is 0 Å². The van der Waals surface area contributed by atoms with Crippen molar-refractivity contribution >= 4 is 11.7 Å². The van der Waals surface area contributed by atoms with Crippen LogP contribution in [0.5, 0.6) is 0 Å². The third-order valence-electron chi connectivity index (χ3n) is 3.70. The van der Waals surface area contributed by atoms with Crippen molar-refractivity contribution in [1.82, 2.24) is 30.2 Å². The Balaban J connectivity index is 1.80. The molecule has 2 heterocycles. The van der Waals surface area contributed by atoms with Gasteiger partial charge >= 0.3 is 0 Å². The summed E-state index contributed by atoms with van der Waals surface area (Å²) >= 11 is 0. The maximum absolute atomic E-state index is 11.9. The lowest BCUT2D eigenvalue weighted by Gasteiger charge is -2.10. The van der Waals surface area contributed by atoms with E-state index in [9.17, 15) is 4.79 Å². The first-order chi connectivity index (χ1) is 11.1. The second-order valence-electron chi connectivity index (χ2n) is 5.33. The van der Waals surface area contributed by atoms with Crippen LogP contribution in [0.2, 0.25) is 0 Å². The van der Waals surface area contributed by atoms with E-state index in [1.54, 1.807) is 11.6 Å². The number of nitrogens with zero attached hydrogens (tertiary/aromatic N) is 4. The minimum atomic E-state index is 0.0380. The molecular weight excluding hydrogens is 296 g/mol. The molecule has 2 aromatic rings. The molecular formula is C15H24N6O2. The summed E-state index contributed by atoms with van der Waals surface area (Å²) < 4.78 is 6.65. The number of rotatable bonds is 9. The molecule has 126 valence electrons. The molecule has 0 bridgehead atoms. The van der Waals surface area contributed by atoms with Gasteiger partial charge < -0.3 is 15.4 Å². The second-order valence-corrected chi connectivity index (χ2v) is 5.33. The van der Waals surface area contributed by atoms with Gasteiger partial charge in [0.05, 0.1) is 6.61 Å². The van der Waals surface area contributed by atoms with E-state index in [-0.39, 0.29) is 5.91 Å². The van der Waals surface area contributed by atoms with Crippen LogP contribution in [0.15, 0.2) is 6.33 Å². The third-order valence-corrected chi connectivity index (χ3v) is 3.70. The predicted molar refractivity (Wildman–Crippen MR) is 86.3 cm³/mol. The smallest absolute Gasteiger partial charge is 0.252 e. The highest BCUT2D eigenvalue weighted by Crippen LogP contribution is 2.14. The summed E-state index contributed by atoms with van der Waals surface area (Å²) in [4.78, 5) is 20.4. The molecule has 0 aliphatic carbocycles. The van der Waals surface area contributed by atoms with Gasteiger partial charge in [0.1, 0.15) is 6.33 Å². The Morgan fingerprint density at radius 3 is 2.91 bits per heavy atom. The monoisotopic (exact) mass is 320 g/mol. The van der Waals surface area contributed by atoms with Gasteiger partial charge in [-0.15, -0.1) is 0 Å². The molecule has 23 heavy (non-hydrogen) atoms. The Kier molecular flexibility index (Phi) is 6.42. The van der Waals surface area contributed by atoms with Gasteiger partial charge in [-0.3, -0.25) is 4.79 Å². The average Bonchev–Trinajstić information content (AvgIpc) is 2.99. The lowest BCUT2D eigenvalue weighted by molar-refractivity contribution is -0.121. The lowest BCUT2D eigenvalue weighted by Crippen LogP contribution is -2.33. The van der Waals surface area contributed by atoms with E-state index >= 15 is 0 Å². The topological polar surface area (TPSA) is 93.4 Å². The van der Waals surface area contributed by atoms with Crippen LogP contribution in [-0.4, -0.2) is 58.8 Å². The normalized spacial score (nSPS) is 11.1. The maximum atomic E-state index is 11.9. The highest BCUT2D eigenvalue weighted by Gasteiger charge is 2.12. The van der Waals surface area contributed by atoms with Crippen LogP contribution in [0.1, 0.15) is 23.4 Å². The Morgan fingerprint density at radius 1 is 1.30 bits per heavy atom. The van der Waals surface area contributed by atoms with Crippen molar-refractivity contribution in [3.05, 3.63) is 23.3 Å².